The van der Waals surface area contributed by atoms with Gasteiger partial charge in [-0.3, -0.25) is 9.97 Å². The van der Waals surface area contributed by atoms with Crippen LogP contribution >= 0.6 is 0 Å². The van der Waals surface area contributed by atoms with Crippen molar-refractivity contribution in [2.24, 2.45) is 0 Å². The molecule has 148 valence electrons. The smallest absolute Gasteiger partial charge is 0.0893 e. The molecular weight excluding hydrogens is 380 g/mol. The lowest BCUT2D eigenvalue weighted by Gasteiger charge is -2.34. The van der Waals surface area contributed by atoms with Gasteiger partial charge in [-0.25, -0.2) is 0 Å². The number of nitrogen functional groups attached to an aromatic ring is 2. The van der Waals surface area contributed by atoms with E-state index in [1.54, 1.807) is 12.4 Å². The van der Waals surface area contributed by atoms with E-state index in [4.69, 9.17) is 11.5 Å². The first-order valence-corrected chi connectivity index (χ1v) is 10.2. The van der Waals surface area contributed by atoms with Gasteiger partial charge in [-0.15, -0.1) is 0 Å². The van der Waals surface area contributed by atoms with E-state index in [0.717, 1.165) is 33.5 Å². The van der Waals surface area contributed by atoms with Crippen molar-refractivity contribution >= 4 is 22.4 Å². The third kappa shape index (κ3) is 2.42. The Morgan fingerprint density at radius 2 is 1.10 bits per heavy atom. The van der Waals surface area contributed by atoms with Crippen LogP contribution < -0.4 is 11.5 Å². The third-order valence-electron chi connectivity index (χ3n) is 6.32. The molecule has 0 bridgehead atoms. The second kappa shape index (κ2) is 6.41. The van der Waals surface area contributed by atoms with E-state index < -0.39 is 5.41 Å². The van der Waals surface area contributed by atoms with Crippen LogP contribution in [0.5, 0.6) is 0 Å². The SMILES string of the molecule is Nc1ccc(C2(c3ccc(N)cc3)c3ccccc3-c3cc4nccnc4cc32)cc1. The van der Waals surface area contributed by atoms with Gasteiger partial charge >= 0.3 is 0 Å². The van der Waals surface area contributed by atoms with Gasteiger partial charge in [0.15, 0.2) is 0 Å². The molecule has 0 atom stereocenters. The maximum absolute atomic E-state index is 6.06. The van der Waals surface area contributed by atoms with E-state index in [9.17, 15) is 0 Å². The molecular formula is C27H20N4. The van der Waals surface area contributed by atoms with Crippen molar-refractivity contribution < 1.29 is 0 Å². The van der Waals surface area contributed by atoms with Gasteiger partial charge < -0.3 is 11.5 Å². The molecule has 4 N–H and O–H groups in total. The molecule has 31 heavy (non-hydrogen) atoms. The van der Waals surface area contributed by atoms with Gasteiger partial charge in [0.05, 0.1) is 16.4 Å². The van der Waals surface area contributed by atoms with Gasteiger partial charge in [0, 0.05) is 23.8 Å². The summed E-state index contributed by atoms with van der Waals surface area (Å²) < 4.78 is 0. The second-order valence-corrected chi connectivity index (χ2v) is 7.98. The Kier molecular flexibility index (Phi) is 3.65. The van der Waals surface area contributed by atoms with E-state index in [1.165, 1.54) is 22.3 Å². The number of benzene rings is 4. The van der Waals surface area contributed by atoms with Crippen LogP contribution in [0.3, 0.4) is 0 Å². The fraction of sp³-hybridized carbons (Fsp3) is 0.0370. The van der Waals surface area contributed by atoms with Crippen LogP contribution in [0.15, 0.2) is 97.3 Å². The highest BCUT2D eigenvalue weighted by Crippen LogP contribution is 2.56. The Morgan fingerprint density at radius 1 is 0.548 bits per heavy atom. The first kappa shape index (κ1) is 17.7. The zero-order valence-corrected chi connectivity index (χ0v) is 16.8. The number of anilines is 2. The van der Waals surface area contributed by atoms with E-state index in [-0.39, 0.29) is 0 Å². The lowest BCUT2D eigenvalue weighted by molar-refractivity contribution is 0.769. The van der Waals surface area contributed by atoms with Gasteiger partial charge in [0.25, 0.3) is 0 Å². The first-order chi connectivity index (χ1) is 15.2. The molecule has 1 aliphatic carbocycles. The second-order valence-electron chi connectivity index (χ2n) is 7.98. The lowest BCUT2D eigenvalue weighted by atomic mass is 9.67. The minimum atomic E-state index is -0.501. The van der Waals surface area contributed by atoms with Crippen LogP contribution in [0.2, 0.25) is 0 Å². The van der Waals surface area contributed by atoms with E-state index in [1.807, 2.05) is 24.3 Å². The van der Waals surface area contributed by atoms with Crippen molar-refractivity contribution in [3.8, 4) is 11.1 Å². The molecule has 0 radical (unpaired) electrons. The van der Waals surface area contributed by atoms with E-state index in [0.29, 0.717) is 0 Å². The van der Waals surface area contributed by atoms with Crippen LogP contribution in [-0.2, 0) is 5.41 Å². The van der Waals surface area contributed by atoms with Crippen molar-refractivity contribution in [2.75, 3.05) is 11.5 Å². The quantitative estimate of drug-likeness (QED) is 0.394. The van der Waals surface area contributed by atoms with Crippen molar-refractivity contribution in [3.05, 3.63) is 120 Å². The maximum atomic E-state index is 6.06. The van der Waals surface area contributed by atoms with E-state index in [2.05, 4.69) is 70.6 Å². The molecule has 4 heteroatoms. The largest absolute Gasteiger partial charge is 0.399 e. The van der Waals surface area contributed by atoms with Crippen molar-refractivity contribution in [3.63, 3.8) is 0 Å². The average Bonchev–Trinajstić information content (AvgIpc) is 3.09. The van der Waals surface area contributed by atoms with Crippen molar-refractivity contribution in [1.82, 2.24) is 9.97 Å². The van der Waals surface area contributed by atoms with Crippen LogP contribution in [0.1, 0.15) is 22.3 Å². The summed E-state index contributed by atoms with van der Waals surface area (Å²) >= 11 is 0. The molecule has 0 amide bonds. The van der Waals surface area contributed by atoms with Crippen LogP contribution in [0.25, 0.3) is 22.2 Å². The van der Waals surface area contributed by atoms with Crippen LogP contribution in [0.4, 0.5) is 11.4 Å². The summed E-state index contributed by atoms with van der Waals surface area (Å²) in [5, 5.41) is 0. The number of nitrogens with two attached hydrogens (primary N) is 2. The fourth-order valence-corrected chi connectivity index (χ4v) is 4.99. The molecule has 1 aromatic heterocycles. The van der Waals surface area contributed by atoms with Gasteiger partial charge in [-0.2, -0.15) is 0 Å². The highest BCUT2D eigenvalue weighted by molar-refractivity contribution is 5.93. The first-order valence-electron chi connectivity index (χ1n) is 10.2. The predicted molar refractivity (Wildman–Crippen MR) is 126 cm³/mol. The third-order valence-corrected chi connectivity index (χ3v) is 6.32. The molecule has 0 saturated carbocycles. The molecule has 1 heterocycles. The Morgan fingerprint density at radius 3 is 1.71 bits per heavy atom. The van der Waals surface area contributed by atoms with Crippen LogP contribution in [-0.4, -0.2) is 9.97 Å². The average molecular weight is 400 g/mol. The summed E-state index contributed by atoms with van der Waals surface area (Å²) in [6, 6.07) is 29.3. The number of rotatable bonds is 2. The van der Waals surface area contributed by atoms with Gasteiger partial charge in [-0.05, 0) is 69.8 Å². The number of hydrogen-bond acceptors (Lipinski definition) is 4. The molecule has 0 saturated heterocycles. The van der Waals surface area contributed by atoms with Crippen LogP contribution in [0, 0.1) is 0 Å². The summed E-state index contributed by atoms with van der Waals surface area (Å²) in [7, 11) is 0. The minimum absolute atomic E-state index is 0.501. The molecule has 1 aliphatic rings. The number of nitrogens with zero attached hydrogens (tertiary/aromatic N) is 2. The summed E-state index contributed by atoms with van der Waals surface area (Å²) in [5.74, 6) is 0. The number of aromatic nitrogens is 2. The summed E-state index contributed by atoms with van der Waals surface area (Å²) in [4.78, 5) is 9.15. The van der Waals surface area contributed by atoms with Gasteiger partial charge in [0.2, 0.25) is 0 Å². The number of fused-ring (bicyclic) bond motifs is 4. The van der Waals surface area contributed by atoms with E-state index >= 15 is 0 Å². The normalized spacial score (nSPS) is 13.7. The fourth-order valence-electron chi connectivity index (χ4n) is 4.99. The zero-order chi connectivity index (χ0) is 21.0. The number of hydrogen-bond donors (Lipinski definition) is 2. The minimum Gasteiger partial charge on any atom is -0.399 e. The maximum Gasteiger partial charge on any atom is 0.0893 e. The molecule has 0 spiro atoms. The Balaban J connectivity index is 1.80. The molecule has 0 unspecified atom stereocenters. The molecule has 5 aromatic rings. The Bertz CT molecular complexity index is 1390. The predicted octanol–water partition coefficient (Wildman–Crippen LogP) is 5.16. The summed E-state index contributed by atoms with van der Waals surface area (Å²) in [5.41, 5.74) is 22.0. The van der Waals surface area contributed by atoms with Crippen molar-refractivity contribution in [2.45, 2.75) is 5.41 Å². The summed E-state index contributed by atoms with van der Waals surface area (Å²) in [6.07, 6.45) is 3.48. The lowest BCUT2D eigenvalue weighted by Crippen LogP contribution is -2.28. The van der Waals surface area contributed by atoms with Crippen molar-refractivity contribution in [1.29, 1.82) is 0 Å². The highest BCUT2D eigenvalue weighted by atomic mass is 14.8. The Labute approximate surface area is 180 Å². The molecule has 4 nitrogen and oxygen atoms in total. The molecule has 6 rings (SSSR count). The highest BCUT2D eigenvalue weighted by Gasteiger charge is 2.46. The molecule has 0 fully saturated rings. The standard InChI is InChI=1S/C27H20N4/c28-19-9-5-17(6-10-19)27(18-7-11-20(29)12-8-18)23-4-2-1-3-21(23)22-15-25-26(16-24(22)27)31-14-13-30-25/h1-16H,28-29H2. The van der Waals surface area contributed by atoms with Gasteiger partial charge in [0.1, 0.15) is 0 Å². The summed E-state index contributed by atoms with van der Waals surface area (Å²) in [6.45, 7) is 0. The van der Waals surface area contributed by atoms with Gasteiger partial charge in [-0.1, -0.05) is 48.5 Å². The molecule has 0 aliphatic heterocycles. The topological polar surface area (TPSA) is 77.8 Å². The monoisotopic (exact) mass is 400 g/mol. The Hall–Kier alpha value is -4.18. The molecule has 4 aromatic carbocycles. The zero-order valence-electron chi connectivity index (χ0n) is 16.8.